The first-order valence-corrected chi connectivity index (χ1v) is 10.6. The van der Waals surface area contributed by atoms with E-state index in [1.165, 1.54) is 0 Å². The van der Waals surface area contributed by atoms with Crippen LogP contribution in [0.25, 0.3) is 6.08 Å². The molecule has 0 saturated heterocycles. The Morgan fingerprint density at radius 3 is 2.41 bits per heavy atom. The molecule has 0 aromatic heterocycles. The quantitative estimate of drug-likeness (QED) is 0.449. The van der Waals surface area contributed by atoms with Crippen molar-refractivity contribution in [2.24, 2.45) is 0 Å². The number of carbonyl (C=O) groups is 2. The van der Waals surface area contributed by atoms with Gasteiger partial charge in [0.1, 0.15) is 18.2 Å². The average molecular weight is 431 g/mol. The Balaban J connectivity index is 1.95. The zero-order valence-corrected chi connectivity index (χ0v) is 18.6. The van der Waals surface area contributed by atoms with Gasteiger partial charge in [-0.3, -0.25) is 14.5 Å². The molecule has 32 heavy (non-hydrogen) atoms. The van der Waals surface area contributed by atoms with Gasteiger partial charge in [0.2, 0.25) is 0 Å². The predicted molar refractivity (Wildman–Crippen MR) is 122 cm³/mol. The maximum absolute atomic E-state index is 13.0. The molecule has 0 aliphatic carbocycles. The van der Waals surface area contributed by atoms with E-state index in [-0.39, 0.29) is 12.1 Å². The van der Waals surface area contributed by atoms with Crippen molar-refractivity contribution in [3.8, 4) is 17.6 Å². The third kappa shape index (κ3) is 4.89. The summed E-state index contributed by atoms with van der Waals surface area (Å²) in [5, 5.41) is 9.46. The van der Waals surface area contributed by atoms with Crippen LogP contribution in [0.5, 0.6) is 11.5 Å². The second-order valence-electron chi connectivity index (χ2n) is 7.35. The molecule has 164 valence electrons. The van der Waals surface area contributed by atoms with Crippen LogP contribution in [0.1, 0.15) is 38.3 Å². The molecule has 2 amide bonds. The van der Waals surface area contributed by atoms with Crippen molar-refractivity contribution < 1.29 is 19.1 Å². The van der Waals surface area contributed by atoms with Crippen molar-refractivity contribution >= 4 is 17.9 Å². The van der Waals surface area contributed by atoms with Crippen LogP contribution in [0, 0.1) is 11.3 Å². The molecule has 0 radical (unpaired) electrons. The standard InChI is InChI=1S/C26H26N2O4/c1-4-13-28-25(29)21(18(3)22(16-27)26(28)30)14-20-11-12-23(24(15-20)31-5-2)32-17-19-9-7-6-8-10-19/h6-12,14-15H,4-5,13,17H2,1-3H3/b21-14+. The van der Waals surface area contributed by atoms with Crippen LogP contribution in [0.4, 0.5) is 0 Å². The van der Waals surface area contributed by atoms with Crippen LogP contribution in [0.2, 0.25) is 0 Å². The summed E-state index contributed by atoms with van der Waals surface area (Å²) < 4.78 is 11.7. The topological polar surface area (TPSA) is 79.6 Å². The van der Waals surface area contributed by atoms with Gasteiger partial charge in [0, 0.05) is 12.1 Å². The SMILES string of the molecule is CCCN1C(=O)C(C#N)=C(C)/C(=C\c2ccc(OCc3ccccc3)c(OCC)c2)C1=O. The molecule has 0 atom stereocenters. The summed E-state index contributed by atoms with van der Waals surface area (Å²) in [6.45, 7) is 6.52. The summed E-state index contributed by atoms with van der Waals surface area (Å²) >= 11 is 0. The summed E-state index contributed by atoms with van der Waals surface area (Å²) in [5.74, 6) is 0.231. The minimum absolute atomic E-state index is 0.00264. The van der Waals surface area contributed by atoms with E-state index in [0.29, 0.717) is 47.8 Å². The normalized spacial score (nSPS) is 15.2. The molecule has 2 aromatic carbocycles. The van der Waals surface area contributed by atoms with E-state index in [0.717, 1.165) is 10.5 Å². The highest BCUT2D eigenvalue weighted by atomic mass is 16.5. The maximum atomic E-state index is 13.0. The number of hydrogen-bond acceptors (Lipinski definition) is 5. The van der Waals surface area contributed by atoms with Crippen molar-refractivity contribution in [3.05, 3.63) is 76.4 Å². The van der Waals surface area contributed by atoms with Gasteiger partial charge in [-0.05, 0) is 55.2 Å². The monoisotopic (exact) mass is 430 g/mol. The molecule has 6 nitrogen and oxygen atoms in total. The van der Waals surface area contributed by atoms with E-state index in [4.69, 9.17) is 9.47 Å². The molecule has 2 aromatic rings. The predicted octanol–water partition coefficient (Wildman–Crippen LogP) is 4.67. The van der Waals surface area contributed by atoms with Gasteiger partial charge in [-0.1, -0.05) is 43.3 Å². The smallest absolute Gasteiger partial charge is 0.271 e. The lowest BCUT2D eigenvalue weighted by Crippen LogP contribution is -2.43. The van der Waals surface area contributed by atoms with Crippen LogP contribution in [0.3, 0.4) is 0 Å². The van der Waals surface area contributed by atoms with Gasteiger partial charge < -0.3 is 9.47 Å². The second-order valence-corrected chi connectivity index (χ2v) is 7.35. The third-order valence-electron chi connectivity index (χ3n) is 5.09. The molecule has 0 bridgehead atoms. The number of imide groups is 1. The number of benzene rings is 2. The highest BCUT2D eigenvalue weighted by Gasteiger charge is 2.34. The molecule has 6 heteroatoms. The lowest BCUT2D eigenvalue weighted by molar-refractivity contribution is -0.140. The number of hydrogen-bond donors (Lipinski definition) is 0. The zero-order valence-electron chi connectivity index (χ0n) is 18.6. The lowest BCUT2D eigenvalue weighted by atomic mass is 9.93. The largest absolute Gasteiger partial charge is 0.490 e. The number of ether oxygens (including phenoxy) is 2. The fourth-order valence-electron chi connectivity index (χ4n) is 3.46. The molecule has 0 unspecified atom stereocenters. The zero-order chi connectivity index (χ0) is 23.1. The number of nitriles is 1. The van der Waals surface area contributed by atoms with Gasteiger partial charge in [0.15, 0.2) is 11.5 Å². The molecule has 0 N–H and O–H groups in total. The van der Waals surface area contributed by atoms with Crippen molar-refractivity contribution in [1.29, 1.82) is 5.26 Å². The minimum Gasteiger partial charge on any atom is -0.490 e. The van der Waals surface area contributed by atoms with Crippen LogP contribution in [0.15, 0.2) is 65.3 Å². The molecule has 3 rings (SSSR count). The summed E-state index contributed by atoms with van der Waals surface area (Å²) in [6.07, 6.45) is 2.30. The highest BCUT2D eigenvalue weighted by Crippen LogP contribution is 2.32. The van der Waals surface area contributed by atoms with Gasteiger partial charge in [0.25, 0.3) is 11.8 Å². The Labute approximate surface area is 188 Å². The van der Waals surface area contributed by atoms with Crippen molar-refractivity contribution in [2.45, 2.75) is 33.8 Å². The van der Waals surface area contributed by atoms with E-state index in [1.54, 1.807) is 25.1 Å². The van der Waals surface area contributed by atoms with E-state index < -0.39 is 11.8 Å². The van der Waals surface area contributed by atoms with Crippen LogP contribution < -0.4 is 9.47 Å². The number of carbonyl (C=O) groups excluding carboxylic acids is 2. The first kappa shape index (κ1) is 22.8. The van der Waals surface area contributed by atoms with Crippen molar-refractivity contribution in [3.63, 3.8) is 0 Å². The molecule has 1 aliphatic heterocycles. The Kier molecular flexibility index (Phi) is 7.45. The van der Waals surface area contributed by atoms with Gasteiger partial charge in [-0.25, -0.2) is 0 Å². The molecule has 0 spiro atoms. The third-order valence-corrected chi connectivity index (χ3v) is 5.09. The molecule has 0 saturated carbocycles. The van der Waals surface area contributed by atoms with E-state index in [9.17, 15) is 14.9 Å². The van der Waals surface area contributed by atoms with Crippen LogP contribution in [-0.2, 0) is 16.2 Å². The number of nitrogens with zero attached hydrogens (tertiary/aromatic N) is 2. The Morgan fingerprint density at radius 1 is 1.00 bits per heavy atom. The number of amides is 2. The van der Waals surface area contributed by atoms with Crippen LogP contribution in [-0.4, -0.2) is 29.9 Å². The Bertz CT molecular complexity index is 1110. The lowest BCUT2D eigenvalue weighted by Gasteiger charge is -2.27. The molecule has 1 heterocycles. The first-order chi connectivity index (χ1) is 15.5. The highest BCUT2D eigenvalue weighted by molar-refractivity contribution is 6.19. The Morgan fingerprint density at radius 2 is 1.75 bits per heavy atom. The molecular formula is C26H26N2O4. The summed E-state index contributed by atoms with van der Waals surface area (Å²) in [4.78, 5) is 26.6. The fraction of sp³-hybridized carbons (Fsp3) is 0.269. The van der Waals surface area contributed by atoms with E-state index in [2.05, 4.69) is 0 Å². The second kappa shape index (κ2) is 10.5. The van der Waals surface area contributed by atoms with Gasteiger partial charge in [-0.2, -0.15) is 5.26 Å². The molecule has 0 fully saturated rings. The first-order valence-electron chi connectivity index (χ1n) is 10.6. The van der Waals surface area contributed by atoms with E-state index in [1.807, 2.05) is 56.3 Å². The average Bonchev–Trinajstić information content (AvgIpc) is 2.80. The maximum Gasteiger partial charge on any atom is 0.271 e. The van der Waals surface area contributed by atoms with Crippen LogP contribution >= 0.6 is 0 Å². The molecular weight excluding hydrogens is 404 g/mol. The van der Waals surface area contributed by atoms with Gasteiger partial charge in [-0.15, -0.1) is 0 Å². The van der Waals surface area contributed by atoms with Gasteiger partial charge >= 0.3 is 0 Å². The minimum atomic E-state index is -0.534. The van der Waals surface area contributed by atoms with Crippen molar-refractivity contribution in [1.82, 2.24) is 4.90 Å². The van der Waals surface area contributed by atoms with Crippen molar-refractivity contribution in [2.75, 3.05) is 13.2 Å². The summed E-state index contributed by atoms with van der Waals surface area (Å²) in [5.41, 5.74) is 2.47. The Hall–Kier alpha value is -3.85. The van der Waals surface area contributed by atoms with E-state index >= 15 is 0 Å². The molecule has 1 aliphatic rings. The summed E-state index contributed by atoms with van der Waals surface area (Å²) in [7, 11) is 0. The number of rotatable bonds is 8. The fourth-order valence-corrected chi connectivity index (χ4v) is 3.46. The van der Waals surface area contributed by atoms with Gasteiger partial charge in [0.05, 0.1) is 6.61 Å². The summed E-state index contributed by atoms with van der Waals surface area (Å²) in [6, 6.07) is 17.2.